The largest absolute Gasteiger partial charge is 0.458 e. The first-order valence-corrected chi connectivity index (χ1v) is 5.90. The highest BCUT2D eigenvalue weighted by molar-refractivity contribution is 5.87. The van der Waals surface area contributed by atoms with Gasteiger partial charge in [0.1, 0.15) is 11.8 Å². The van der Waals surface area contributed by atoms with Crippen molar-refractivity contribution in [1.29, 1.82) is 0 Å². The number of hydrogen-bond donors (Lipinski definition) is 0. The molecule has 17 heavy (non-hydrogen) atoms. The van der Waals surface area contributed by atoms with Crippen molar-refractivity contribution in [3.8, 4) is 0 Å². The molecule has 1 aromatic heterocycles. The smallest absolute Gasteiger partial charge is 0.356 e. The van der Waals surface area contributed by atoms with Crippen LogP contribution in [-0.2, 0) is 16.5 Å². The maximum atomic E-state index is 11.9. The van der Waals surface area contributed by atoms with Crippen molar-refractivity contribution in [2.45, 2.75) is 37.9 Å². The highest BCUT2D eigenvalue weighted by Crippen LogP contribution is 2.23. The van der Waals surface area contributed by atoms with Gasteiger partial charge in [-0.3, -0.25) is 0 Å². The van der Waals surface area contributed by atoms with Gasteiger partial charge in [-0.1, -0.05) is 0 Å². The van der Waals surface area contributed by atoms with Crippen LogP contribution in [0.25, 0.3) is 0 Å². The summed E-state index contributed by atoms with van der Waals surface area (Å²) in [5, 5.41) is 0. The van der Waals surface area contributed by atoms with E-state index in [1.54, 1.807) is 25.1 Å². The lowest BCUT2D eigenvalue weighted by atomic mass is 9.95. The van der Waals surface area contributed by atoms with Crippen molar-refractivity contribution >= 4 is 5.97 Å². The molecular weight excluding hydrogens is 220 g/mol. The SMILES string of the molecule is CO[C@H]1CCC[C@@H](OC(=O)c2cncn2C)C1. The zero-order chi connectivity index (χ0) is 12.3. The van der Waals surface area contributed by atoms with E-state index in [0.717, 1.165) is 25.7 Å². The van der Waals surface area contributed by atoms with Crippen molar-refractivity contribution in [2.75, 3.05) is 7.11 Å². The molecule has 2 rings (SSSR count). The number of esters is 1. The van der Waals surface area contributed by atoms with Crippen LogP contribution in [0.3, 0.4) is 0 Å². The van der Waals surface area contributed by atoms with Gasteiger partial charge in [-0.25, -0.2) is 9.78 Å². The molecule has 0 N–H and O–H groups in total. The molecule has 0 aromatic carbocycles. The Kier molecular flexibility index (Phi) is 3.78. The first-order chi connectivity index (χ1) is 8.20. The number of hydrogen-bond acceptors (Lipinski definition) is 4. The quantitative estimate of drug-likeness (QED) is 0.749. The van der Waals surface area contributed by atoms with Crippen LogP contribution in [0.4, 0.5) is 0 Å². The van der Waals surface area contributed by atoms with E-state index in [2.05, 4.69) is 4.98 Å². The fourth-order valence-corrected chi connectivity index (χ4v) is 2.19. The van der Waals surface area contributed by atoms with Gasteiger partial charge in [-0.15, -0.1) is 0 Å². The second-order valence-corrected chi connectivity index (χ2v) is 4.44. The summed E-state index contributed by atoms with van der Waals surface area (Å²) in [7, 11) is 3.48. The van der Waals surface area contributed by atoms with Crippen LogP contribution in [0, 0.1) is 0 Å². The number of carbonyl (C=O) groups is 1. The van der Waals surface area contributed by atoms with Crippen LogP contribution >= 0.6 is 0 Å². The van der Waals surface area contributed by atoms with E-state index < -0.39 is 0 Å². The van der Waals surface area contributed by atoms with Crippen molar-refractivity contribution in [3.05, 3.63) is 18.2 Å². The Hall–Kier alpha value is -1.36. The minimum absolute atomic E-state index is 0.0314. The normalized spacial score (nSPS) is 24.6. The van der Waals surface area contributed by atoms with E-state index in [0.29, 0.717) is 5.69 Å². The molecule has 5 heteroatoms. The van der Waals surface area contributed by atoms with Crippen molar-refractivity contribution in [3.63, 3.8) is 0 Å². The Morgan fingerprint density at radius 2 is 2.24 bits per heavy atom. The third kappa shape index (κ3) is 2.85. The van der Waals surface area contributed by atoms with E-state index in [1.807, 2.05) is 0 Å². The first-order valence-electron chi connectivity index (χ1n) is 5.90. The van der Waals surface area contributed by atoms with Crippen LogP contribution in [0.5, 0.6) is 0 Å². The molecule has 1 fully saturated rings. The summed E-state index contributed by atoms with van der Waals surface area (Å²) in [6, 6.07) is 0. The van der Waals surface area contributed by atoms with Gasteiger partial charge in [-0.05, 0) is 19.3 Å². The molecule has 0 unspecified atom stereocenters. The second-order valence-electron chi connectivity index (χ2n) is 4.44. The molecule has 1 saturated carbocycles. The molecule has 1 aromatic rings. The fourth-order valence-electron chi connectivity index (χ4n) is 2.19. The molecule has 2 atom stereocenters. The highest BCUT2D eigenvalue weighted by atomic mass is 16.5. The fraction of sp³-hybridized carbons (Fsp3) is 0.667. The number of aryl methyl sites for hydroxylation is 1. The molecule has 0 saturated heterocycles. The van der Waals surface area contributed by atoms with Crippen LogP contribution in [0.2, 0.25) is 0 Å². The molecule has 5 nitrogen and oxygen atoms in total. The molecule has 0 aliphatic heterocycles. The van der Waals surface area contributed by atoms with Gasteiger partial charge in [0.15, 0.2) is 0 Å². The monoisotopic (exact) mass is 238 g/mol. The van der Waals surface area contributed by atoms with E-state index in [-0.39, 0.29) is 18.2 Å². The van der Waals surface area contributed by atoms with Crippen LogP contribution < -0.4 is 0 Å². The predicted octanol–water partition coefficient (Wildman–Crippen LogP) is 1.53. The third-order valence-corrected chi connectivity index (χ3v) is 3.21. The number of imidazole rings is 1. The van der Waals surface area contributed by atoms with Crippen molar-refractivity contribution < 1.29 is 14.3 Å². The molecule has 0 amide bonds. The predicted molar refractivity (Wildman–Crippen MR) is 61.7 cm³/mol. The number of nitrogens with zero attached hydrogens (tertiary/aromatic N) is 2. The summed E-state index contributed by atoms with van der Waals surface area (Å²) < 4.78 is 12.4. The summed E-state index contributed by atoms with van der Waals surface area (Å²) >= 11 is 0. The van der Waals surface area contributed by atoms with Gasteiger partial charge >= 0.3 is 5.97 Å². The first kappa shape index (κ1) is 12.1. The number of aromatic nitrogens is 2. The Morgan fingerprint density at radius 1 is 1.47 bits per heavy atom. The van der Waals surface area contributed by atoms with Gasteiger partial charge in [0, 0.05) is 20.6 Å². The van der Waals surface area contributed by atoms with Gasteiger partial charge in [-0.2, -0.15) is 0 Å². The summed E-state index contributed by atoms with van der Waals surface area (Å²) in [4.78, 5) is 15.8. The van der Waals surface area contributed by atoms with E-state index in [4.69, 9.17) is 9.47 Å². The lowest BCUT2D eigenvalue weighted by Gasteiger charge is -2.27. The average molecular weight is 238 g/mol. The Bertz CT molecular complexity index is 389. The average Bonchev–Trinajstić information content (AvgIpc) is 2.76. The Labute approximate surface area is 101 Å². The summed E-state index contributed by atoms with van der Waals surface area (Å²) in [6.07, 6.45) is 7.11. The van der Waals surface area contributed by atoms with Gasteiger partial charge in [0.25, 0.3) is 0 Å². The summed E-state index contributed by atoms with van der Waals surface area (Å²) in [5.41, 5.74) is 0.490. The number of rotatable bonds is 3. The zero-order valence-electron chi connectivity index (χ0n) is 10.3. The molecule has 0 spiro atoms. The maximum absolute atomic E-state index is 11.9. The Balaban J connectivity index is 1.93. The summed E-state index contributed by atoms with van der Waals surface area (Å²) in [6.45, 7) is 0. The second kappa shape index (κ2) is 5.31. The molecular formula is C12H18N2O3. The van der Waals surface area contributed by atoms with E-state index in [9.17, 15) is 4.79 Å². The maximum Gasteiger partial charge on any atom is 0.356 e. The molecule has 1 aliphatic rings. The van der Waals surface area contributed by atoms with Gasteiger partial charge < -0.3 is 14.0 Å². The summed E-state index contributed by atoms with van der Waals surface area (Å²) in [5.74, 6) is -0.299. The highest BCUT2D eigenvalue weighted by Gasteiger charge is 2.25. The molecule has 1 heterocycles. The van der Waals surface area contributed by atoms with Gasteiger partial charge in [0.05, 0.1) is 18.6 Å². The van der Waals surface area contributed by atoms with Crippen molar-refractivity contribution in [2.24, 2.45) is 7.05 Å². The minimum Gasteiger partial charge on any atom is -0.458 e. The lowest BCUT2D eigenvalue weighted by Crippen LogP contribution is -2.29. The standard InChI is InChI=1S/C12H18N2O3/c1-14-8-13-7-11(14)12(15)17-10-5-3-4-9(6-10)16-2/h7-10H,3-6H2,1-2H3/t9-,10+/m0/s1. The van der Waals surface area contributed by atoms with E-state index >= 15 is 0 Å². The van der Waals surface area contributed by atoms with Gasteiger partial charge in [0.2, 0.25) is 0 Å². The van der Waals surface area contributed by atoms with Crippen LogP contribution in [0.1, 0.15) is 36.2 Å². The topological polar surface area (TPSA) is 53.4 Å². The van der Waals surface area contributed by atoms with Crippen LogP contribution in [0.15, 0.2) is 12.5 Å². The third-order valence-electron chi connectivity index (χ3n) is 3.21. The van der Waals surface area contributed by atoms with Crippen LogP contribution in [-0.4, -0.2) is 34.8 Å². The molecule has 0 radical (unpaired) electrons. The number of carbonyl (C=O) groups excluding carboxylic acids is 1. The van der Waals surface area contributed by atoms with E-state index in [1.165, 1.54) is 6.20 Å². The molecule has 1 aliphatic carbocycles. The van der Waals surface area contributed by atoms with Crippen molar-refractivity contribution in [1.82, 2.24) is 9.55 Å². The minimum atomic E-state index is -0.299. The number of ether oxygens (including phenoxy) is 2. The zero-order valence-corrected chi connectivity index (χ0v) is 10.3. The molecule has 0 bridgehead atoms. The molecule has 94 valence electrons. The number of methoxy groups -OCH3 is 1. The lowest BCUT2D eigenvalue weighted by molar-refractivity contribution is -0.0155. The Morgan fingerprint density at radius 3 is 2.88 bits per heavy atom.